The maximum Gasteiger partial charge on any atom is 0.351 e. The Morgan fingerprint density at radius 1 is 0.880 bits per heavy atom. The predicted molar refractivity (Wildman–Crippen MR) is 190 cm³/mol. The molecule has 0 aliphatic carbocycles. The lowest BCUT2D eigenvalue weighted by Gasteiger charge is -2.13. The van der Waals surface area contributed by atoms with Crippen LogP contribution in [0.2, 0.25) is 0 Å². The second kappa shape index (κ2) is 15.9. The number of hydrogen-bond acceptors (Lipinski definition) is 6. The summed E-state index contributed by atoms with van der Waals surface area (Å²) < 4.78 is 61.7. The summed E-state index contributed by atoms with van der Waals surface area (Å²) in [7, 11) is -4.51. The highest BCUT2D eigenvalue weighted by Gasteiger charge is 2.25. The van der Waals surface area contributed by atoms with Gasteiger partial charge in [0.05, 0.1) is 22.7 Å². The monoisotopic (exact) mass is 764 g/mol. The van der Waals surface area contributed by atoms with Crippen molar-refractivity contribution in [2.75, 3.05) is 0 Å². The number of unbranched alkanes of at least 4 members (excludes halogenated alkanes) is 2. The standard InChI is InChI=1S/C37H35BrF2N4O5S/c1-3-5-14-33(45)25-19-20-29(38)32(22-25)44-37(47)43(35(41-44)16-6-4-2)23-26-18-17-24(21-31(26)40)27-11-8-10-15-34(27)50(48,49)42-36(46)28-12-7-9-13-30(28)39/h7-13,15,17-22H,3-6,14,16,23H2,1-2H3,(H,42,46). The number of benzene rings is 4. The van der Waals surface area contributed by atoms with E-state index in [2.05, 4.69) is 21.0 Å². The van der Waals surface area contributed by atoms with Gasteiger partial charge in [-0.1, -0.05) is 75.2 Å². The highest BCUT2D eigenvalue weighted by molar-refractivity contribution is 9.10. The number of sulfonamides is 1. The molecule has 9 nitrogen and oxygen atoms in total. The predicted octanol–water partition coefficient (Wildman–Crippen LogP) is 7.62. The van der Waals surface area contributed by atoms with Crippen LogP contribution in [0.15, 0.2) is 99.1 Å². The van der Waals surface area contributed by atoms with Crippen LogP contribution in [-0.4, -0.2) is 34.5 Å². The van der Waals surface area contributed by atoms with Gasteiger partial charge in [0.2, 0.25) is 0 Å². The fraction of sp³-hybridized carbons (Fsp3) is 0.243. The smallest absolute Gasteiger partial charge is 0.294 e. The van der Waals surface area contributed by atoms with Gasteiger partial charge in [-0.15, -0.1) is 5.10 Å². The molecule has 0 saturated carbocycles. The van der Waals surface area contributed by atoms with Crippen molar-refractivity contribution in [3.63, 3.8) is 0 Å². The van der Waals surface area contributed by atoms with Gasteiger partial charge in [0.1, 0.15) is 17.5 Å². The highest BCUT2D eigenvalue weighted by Crippen LogP contribution is 2.29. The number of hydrogen-bond donors (Lipinski definition) is 1. The van der Waals surface area contributed by atoms with Crippen LogP contribution in [-0.2, 0) is 23.0 Å². The molecular formula is C37H35BrF2N4O5S. The second-order valence-corrected chi connectivity index (χ2v) is 14.2. The molecule has 0 aliphatic heterocycles. The van der Waals surface area contributed by atoms with Gasteiger partial charge < -0.3 is 0 Å². The number of carbonyl (C=O) groups excluding carboxylic acids is 2. The maximum absolute atomic E-state index is 15.8. The first-order valence-corrected chi connectivity index (χ1v) is 18.4. The molecule has 0 bridgehead atoms. The molecule has 260 valence electrons. The van der Waals surface area contributed by atoms with E-state index in [1.807, 2.05) is 18.6 Å². The number of halogens is 3. The molecule has 0 fully saturated rings. The minimum absolute atomic E-state index is 0.0386. The Kier molecular flexibility index (Phi) is 11.6. The van der Waals surface area contributed by atoms with Crippen molar-refractivity contribution in [3.8, 4) is 16.8 Å². The molecule has 0 radical (unpaired) electrons. The Labute approximate surface area is 297 Å². The lowest BCUT2D eigenvalue weighted by atomic mass is 10.0. The Bertz CT molecular complexity index is 2230. The van der Waals surface area contributed by atoms with E-state index in [0.717, 1.165) is 43.9 Å². The summed E-state index contributed by atoms with van der Waals surface area (Å²) in [5.74, 6) is -2.32. The number of rotatable bonds is 14. The summed E-state index contributed by atoms with van der Waals surface area (Å²) in [4.78, 5) is 38.9. The van der Waals surface area contributed by atoms with Gasteiger partial charge in [-0.3, -0.25) is 14.2 Å². The van der Waals surface area contributed by atoms with Crippen molar-refractivity contribution in [3.05, 3.63) is 134 Å². The third-order valence-electron chi connectivity index (χ3n) is 8.16. The average Bonchev–Trinajstić information content (AvgIpc) is 3.41. The van der Waals surface area contributed by atoms with Gasteiger partial charge in [-0.25, -0.2) is 26.7 Å². The number of nitrogens with zero attached hydrogens (tertiary/aromatic N) is 3. The first-order chi connectivity index (χ1) is 23.9. The number of ketones is 1. The van der Waals surface area contributed by atoms with E-state index in [4.69, 9.17) is 0 Å². The second-order valence-electron chi connectivity index (χ2n) is 11.7. The number of amides is 1. The van der Waals surface area contributed by atoms with Crippen LogP contribution in [0.3, 0.4) is 0 Å². The highest BCUT2D eigenvalue weighted by atomic mass is 79.9. The number of nitrogens with one attached hydrogen (secondary N) is 1. The molecule has 13 heteroatoms. The van der Waals surface area contributed by atoms with Gasteiger partial charge >= 0.3 is 5.69 Å². The molecule has 1 heterocycles. The van der Waals surface area contributed by atoms with Gasteiger partial charge in [0.15, 0.2) is 5.78 Å². The van der Waals surface area contributed by atoms with Crippen LogP contribution < -0.4 is 10.4 Å². The van der Waals surface area contributed by atoms with Crippen molar-refractivity contribution in [2.45, 2.75) is 63.8 Å². The maximum atomic E-state index is 15.8. The van der Waals surface area contributed by atoms with Crippen LogP contribution in [0.5, 0.6) is 0 Å². The fourth-order valence-electron chi connectivity index (χ4n) is 5.43. The minimum atomic E-state index is -4.51. The molecule has 1 aromatic heterocycles. The molecule has 0 aliphatic rings. The molecule has 5 aromatic rings. The normalized spacial score (nSPS) is 11.5. The zero-order chi connectivity index (χ0) is 36.0. The quantitative estimate of drug-likeness (QED) is 0.116. The van der Waals surface area contributed by atoms with E-state index in [-0.39, 0.29) is 33.9 Å². The lowest BCUT2D eigenvalue weighted by Crippen LogP contribution is -2.31. The SMILES string of the molecule is CCCCC(=O)c1ccc(Br)c(-n2nc(CCCC)n(Cc3ccc(-c4ccccc4S(=O)(=O)NC(=O)c4ccccc4F)cc3F)c2=O)c1. The van der Waals surface area contributed by atoms with Crippen LogP contribution in [0.1, 0.15) is 78.1 Å². The zero-order valence-electron chi connectivity index (χ0n) is 27.5. The first-order valence-electron chi connectivity index (χ1n) is 16.2. The molecule has 0 unspecified atom stereocenters. The molecule has 0 saturated heterocycles. The van der Waals surface area contributed by atoms with E-state index < -0.39 is 38.8 Å². The third-order valence-corrected chi connectivity index (χ3v) is 10.2. The summed E-state index contributed by atoms with van der Waals surface area (Å²) >= 11 is 3.48. The van der Waals surface area contributed by atoms with Crippen molar-refractivity contribution in [2.24, 2.45) is 0 Å². The van der Waals surface area contributed by atoms with E-state index >= 15 is 4.39 Å². The first kappa shape index (κ1) is 36.5. The Hall–Kier alpha value is -4.75. The van der Waals surface area contributed by atoms with E-state index in [1.54, 1.807) is 24.3 Å². The lowest BCUT2D eigenvalue weighted by molar-refractivity contribution is 0.0970. The van der Waals surface area contributed by atoms with Crippen molar-refractivity contribution in [1.29, 1.82) is 0 Å². The molecule has 5 rings (SSSR count). The topological polar surface area (TPSA) is 120 Å². The van der Waals surface area contributed by atoms with Gasteiger partial charge in [0, 0.05) is 34.0 Å². The number of Topliss-reactive ketones (excluding diaryl/α,β-unsaturated/α-hetero) is 1. The number of carbonyl (C=O) groups is 2. The van der Waals surface area contributed by atoms with Crippen LogP contribution in [0.4, 0.5) is 8.78 Å². The van der Waals surface area contributed by atoms with E-state index in [9.17, 15) is 27.2 Å². The van der Waals surface area contributed by atoms with Gasteiger partial charge in [-0.2, -0.15) is 4.68 Å². The van der Waals surface area contributed by atoms with Crippen LogP contribution >= 0.6 is 15.9 Å². The van der Waals surface area contributed by atoms with Gasteiger partial charge in [0.25, 0.3) is 15.9 Å². The molecule has 4 aromatic carbocycles. The molecule has 1 amide bonds. The summed E-state index contributed by atoms with van der Waals surface area (Å²) in [5.41, 5.74) is 0.367. The van der Waals surface area contributed by atoms with Crippen molar-refractivity contribution < 1.29 is 26.8 Å². The van der Waals surface area contributed by atoms with E-state index in [0.29, 0.717) is 34.4 Å². The molecule has 0 atom stereocenters. The Morgan fingerprint density at radius 3 is 2.32 bits per heavy atom. The molecule has 1 N–H and O–H groups in total. The molecule has 0 spiro atoms. The summed E-state index contributed by atoms with van der Waals surface area (Å²) in [6.45, 7) is 3.85. The fourth-order valence-corrected chi connectivity index (χ4v) is 7.04. The summed E-state index contributed by atoms with van der Waals surface area (Å²) in [5, 5.41) is 4.60. The Morgan fingerprint density at radius 2 is 1.60 bits per heavy atom. The molecule has 50 heavy (non-hydrogen) atoms. The van der Waals surface area contributed by atoms with Crippen molar-refractivity contribution >= 4 is 37.6 Å². The number of aromatic nitrogens is 3. The van der Waals surface area contributed by atoms with Crippen LogP contribution in [0, 0.1) is 11.6 Å². The van der Waals surface area contributed by atoms with Gasteiger partial charge in [-0.05, 0) is 70.7 Å². The zero-order valence-corrected chi connectivity index (χ0v) is 29.9. The largest absolute Gasteiger partial charge is 0.351 e. The van der Waals surface area contributed by atoms with Crippen molar-refractivity contribution in [1.82, 2.24) is 19.1 Å². The summed E-state index contributed by atoms with van der Waals surface area (Å²) in [6, 6.07) is 19.9. The van der Waals surface area contributed by atoms with Crippen LogP contribution in [0.25, 0.3) is 16.8 Å². The minimum Gasteiger partial charge on any atom is -0.294 e. The summed E-state index contributed by atoms with van der Waals surface area (Å²) in [6.07, 6.45) is 4.02. The number of aryl methyl sites for hydroxylation is 1. The third kappa shape index (κ3) is 8.00. The molecular weight excluding hydrogens is 730 g/mol. The van der Waals surface area contributed by atoms with E-state index in [1.165, 1.54) is 51.7 Å². The Balaban J connectivity index is 1.47. The average molecular weight is 766 g/mol.